The first kappa shape index (κ1) is 24.9. The van der Waals surface area contributed by atoms with Crippen LogP contribution in [0, 0.1) is 23.1 Å². The van der Waals surface area contributed by atoms with Crippen LogP contribution in [-0.4, -0.2) is 35.7 Å². The van der Waals surface area contributed by atoms with Crippen molar-refractivity contribution < 1.29 is 19.0 Å². The Morgan fingerprint density at radius 1 is 1.14 bits per heavy atom. The summed E-state index contributed by atoms with van der Waals surface area (Å²) < 4.78 is 27.4. The third-order valence-corrected chi connectivity index (χ3v) is 7.45. The number of benzene rings is 3. The highest BCUT2D eigenvalue weighted by Crippen LogP contribution is 2.48. The van der Waals surface area contributed by atoms with E-state index >= 15 is 0 Å². The maximum Gasteiger partial charge on any atom is 0.176 e. The Balaban J connectivity index is 1.44. The highest BCUT2D eigenvalue weighted by Gasteiger charge is 2.32. The summed E-state index contributed by atoms with van der Waals surface area (Å²) in [7, 11) is 0. The first-order valence-corrected chi connectivity index (χ1v) is 12.7. The van der Waals surface area contributed by atoms with Gasteiger partial charge in [0.25, 0.3) is 0 Å². The quantitative estimate of drug-likeness (QED) is 0.416. The minimum atomic E-state index is -0.704. The molecule has 1 N–H and O–H groups in total. The lowest BCUT2D eigenvalue weighted by atomic mass is 9.85. The number of likely N-dealkylation sites (tertiary alicyclic amines) is 1. The number of nitriles is 1. The van der Waals surface area contributed by atoms with Crippen LogP contribution in [0.3, 0.4) is 0 Å². The van der Waals surface area contributed by atoms with Crippen LogP contribution in [0.25, 0.3) is 11.1 Å². The van der Waals surface area contributed by atoms with Crippen molar-refractivity contribution in [1.82, 2.24) is 4.90 Å². The molecular formula is C31H31FN2O3. The van der Waals surface area contributed by atoms with Crippen LogP contribution in [0.2, 0.25) is 0 Å². The average molecular weight is 499 g/mol. The molecule has 0 aliphatic carbocycles. The molecule has 190 valence electrons. The molecule has 0 spiro atoms. The zero-order chi connectivity index (χ0) is 26.1. The first-order chi connectivity index (χ1) is 17.9. The normalized spacial score (nSPS) is 20.2. The van der Waals surface area contributed by atoms with Crippen LogP contribution in [0.1, 0.15) is 55.5 Å². The molecule has 1 fully saturated rings. The first-order valence-electron chi connectivity index (χ1n) is 12.7. The lowest BCUT2D eigenvalue weighted by Crippen LogP contribution is -2.35. The van der Waals surface area contributed by atoms with Gasteiger partial charge in [-0.05, 0) is 85.8 Å². The van der Waals surface area contributed by atoms with Gasteiger partial charge >= 0.3 is 0 Å². The Hall–Kier alpha value is -3.82. The number of phenolic OH excluding ortho intramolecular Hbond substituents is 1. The molecule has 5 nitrogen and oxygen atoms in total. The third-order valence-electron chi connectivity index (χ3n) is 7.45. The summed E-state index contributed by atoms with van der Waals surface area (Å²) in [4.78, 5) is 2.47. The van der Waals surface area contributed by atoms with Crippen molar-refractivity contribution in [3.8, 4) is 23.3 Å². The van der Waals surface area contributed by atoms with E-state index in [1.807, 2.05) is 43.3 Å². The second-order valence-electron chi connectivity index (χ2n) is 10.1. The van der Waals surface area contributed by atoms with Crippen molar-refractivity contribution in [2.75, 3.05) is 19.7 Å². The van der Waals surface area contributed by atoms with Gasteiger partial charge in [-0.3, -0.25) is 4.90 Å². The van der Waals surface area contributed by atoms with Gasteiger partial charge in [0.1, 0.15) is 24.2 Å². The second-order valence-corrected chi connectivity index (χ2v) is 10.1. The lowest BCUT2D eigenvalue weighted by molar-refractivity contribution is 0.169. The molecule has 1 saturated heterocycles. The molecule has 0 radical (unpaired) electrons. The monoisotopic (exact) mass is 498 g/mol. The van der Waals surface area contributed by atoms with Gasteiger partial charge in [-0.1, -0.05) is 31.2 Å². The fourth-order valence-electron chi connectivity index (χ4n) is 5.27. The molecule has 0 aromatic heterocycles. The van der Waals surface area contributed by atoms with Gasteiger partial charge in [-0.15, -0.1) is 0 Å². The molecule has 3 aromatic carbocycles. The van der Waals surface area contributed by atoms with Gasteiger partial charge in [0.15, 0.2) is 11.6 Å². The maximum atomic E-state index is 15.0. The zero-order valence-corrected chi connectivity index (χ0v) is 21.4. The molecule has 37 heavy (non-hydrogen) atoms. The average Bonchev–Trinajstić information content (AvgIpc) is 3.36. The van der Waals surface area contributed by atoms with Crippen molar-refractivity contribution in [1.29, 1.82) is 5.26 Å². The molecule has 0 amide bonds. The largest absolute Gasteiger partial charge is 0.505 e. The Kier molecular flexibility index (Phi) is 6.90. The fraction of sp³-hybridized carbons (Fsp3) is 0.323. The van der Waals surface area contributed by atoms with Crippen LogP contribution >= 0.6 is 0 Å². The van der Waals surface area contributed by atoms with E-state index < -0.39 is 17.7 Å². The number of rotatable bonds is 6. The van der Waals surface area contributed by atoms with Crippen molar-refractivity contribution in [3.05, 3.63) is 88.7 Å². The number of phenols is 1. The van der Waals surface area contributed by atoms with Gasteiger partial charge in [0.2, 0.25) is 0 Å². The van der Waals surface area contributed by atoms with Crippen LogP contribution in [0.4, 0.5) is 4.39 Å². The molecular weight excluding hydrogens is 467 g/mol. The van der Waals surface area contributed by atoms with Crippen molar-refractivity contribution in [2.24, 2.45) is 5.92 Å². The summed E-state index contributed by atoms with van der Waals surface area (Å²) in [5.41, 5.74) is 3.97. The van der Waals surface area contributed by atoms with E-state index in [0.29, 0.717) is 29.5 Å². The molecule has 3 atom stereocenters. The number of fused-ring (bicyclic) bond motifs is 1. The smallest absolute Gasteiger partial charge is 0.176 e. The molecule has 0 saturated carbocycles. The maximum absolute atomic E-state index is 15.0. The number of hydrogen-bond donors (Lipinski definition) is 1. The lowest BCUT2D eigenvalue weighted by Gasteiger charge is -2.31. The highest BCUT2D eigenvalue weighted by atomic mass is 19.1. The third kappa shape index (κ3) is 4.92. The molecule has 2 aliphatic heterocycles. The second kappa shape index (κ2) is 10.3. The fourth-order valence-corrected chi connectivity index (χ4v) is 5.27. The topological polar surface area (TPSA) is 65.7 Å². The summed E-state index contributed by atoms with van der Waals surface area (Å²) >= 11 is 0. The van der Waals surface area contributed by atoms with Gasteiger partial charge in [-0.25, -0.2) is 4.39 Å². The predicted octanol–water partition coefficient (Wildman–Crippen LogP) is 6.58. The molecule has 3 aromatic rings. The summed E-state index contributed by atoms with van der Waals surface area (Å²) in [6, 6.07) is 20.4. The Labute approximate surface area is 217 Å². The SMILES string of the molecule is CC1=C(c2ccc(C#N)cc2)C(c2ccc(OC[C@H](C)N3CC[C@@H](C)C3)cc2)Oc2ccc(O)c(F)c21. The van der Waals surface area contributed by atoms with E-state index in [-0.39, 0.29) is 5.56 Å². The van der Waals surface area contributed by atoms with E-state index in [0.717, 1.165) is 41.5 Å². The molecule has 2 aliphatic rings. The summed E-state index contributed by atoms with van der Waals surface area (Å²) in [5, 5.41) is 19.2. The van der Waals surface area contributed by atoms with E-state index in [4.69, 9.17) is 9.47 Å². The van der Waals surface area contributed by atoms with Crippen LogP contribution in [0.15, 0.2) is 60.7 Å². The molecule has 1 unspecified atom stereocenters. The number of aromatic hydroxyl groups is 1. The zero-order valence-electron chi connectivity index (χ0n) is 21.4. The van der Waals surface area contributed by atoms with Crippen LogP contribution < -0.4 is 9.47 Å². The van der Waals surface area contributed by atoms with Crippen LogP contribution in [-0.2, 0) is 0 Å². The predicted molar refractivity (Wildman–Crippen MR) is 142 cm³/mol. The molecule has 5 rings (SSSR count). The van der Waals surface area contributed by atoms with E-state index in [9.17, 15) is 14.8 Å². The van der Waals surface area contributed by atoms with Gasteiger partial charge in [0.05, 0.1) is 17.2 Å². The van der Waals surface area contributed by atoms with E-state index in [1.165, 1.54) is 12.5 Å². The number of hydrogen-bond acceptors (Lipinski definition) is 5. The van der Waals surface area contributed by atoms with Gasteiger partial charge in [-0.2, -0.15) is 5.26 Å². The molecule has 0 bridgehead atoms. The van der Waals surface area contributed by atoms with E-state index in [1.54, 1.807) is 18.2 Å². The standard InChI is InChI=1S/C31H31FN2O3/c1-19-14-15-34(17-19)20(2)18-36-25-10-8-24(9-11-25)31-28(23-6-4-22(16-33)5-7-23)21(3)29-27(37-31)13-12-26(35)30(29)32/h4-13,19-20,31,35H,14-15,17-18H2,1-3H3/t19-,20+,31?/m1/s1. The number of allylic oxidation sites excluding steroid dienone is 1. The van der Waals surface area contributed by atoms with Crippen molar-refractivity contribution in [2.45, 2.75) is 39.3 Å². The summed E-state index contributed by atoms with van der Waals surface area (Å²) in [6.45, 7) is 9.19. The Morgan fingerprint density at radius 2 is 1.86 bits per heavy atom. The van der Waals surface area contributed by atoms with Crippen molar-refractivity contribution in [3.63, 3.8) is 0 Å². The Bertz CT molecular complexity index is 1360. The minimum absolute atomic E-state index is 0.251. The highest BCUT2D eigenvalue weighted by molar-refractivity contribution is 5.96. The molecule has 2 heterocycles. The Morgan fingerprint density at radius 3 is 2.51 bits per heavy atom. The minimum Gasteiger partial charge on any atom is -0.505 e. The number of halogens is 1. The van der Waals surface area contributed by atoms with E-state index in [2.05, 4.69) is 24.8 Å². The summed E-state index contributed by atoms with van der Waals surface area (Å²) in [6.07, 6.45) is 0.741. The number of nitrogens with zero attached hydrogens (tertiary/aromatic N) is 2. The molecule has 6 heteroatoms. The van der Waals surface area contributed by atoms with Gasteiger partial charge in [0, 0.05) is 18.2 Å². The summed E-state index contributed by atoms with van der Waals surface area (Å²) in [5.74, 6) is 0.782. The van der Waals surface area contributed by atoms with Gasteiger partial charge < -0.3 is 14.6 Å². The van der Waals surface area contributed by atoms with Crippen molar-refractivity contribution >= 4 is 11.1 Å². The number of ether oxygens (including phenoxy) is 2. The van der Waals surface area contributed by atoms with Crippen LogP contribution in [0.5, 0.6) is 17.2 Å².